The summed E-state index contributed by atoms with van der Waals surface area (Å²) in [4.78, 5) is 12.5. The second-order valence-corrected chi connectivity index (χ2v) is 4.44. The number of anilines is 1. The number of nitrogens with two attached hydrogens (primary N) is 1. The van der Waals surface area contributed by atoms with Crippen molar-refractivity contribution in [1.29, 1.82) is 0 Å². The van der Waals surface area contributed by atoms with Crippen LogP contribution in [-0.4, -0.2) is 24.6 Å². The molecule has 1 aromatic rings. The molecule has 1 saturated heterocycles. The number of hydrogen-bond donors (Lipinski definition) is 1. The van der Waals surface area contributed by atoms with Crippen LogP contribution >= 0.6 is 0 Å². The van der Waals surface area contributed by atoms with Gasteiger partial charge in [0, 0.05) is 30.9 Å². The van der Waals surface area contributed by atoms with Crippen LogP contribution in [0.25, 0.3) is 0 Å². The summed E-state index contributed by atoms with van der Waals surface area (Å²) in [6, 6.07) is 6.83. The van der Waals surface area contributed by atoms with Crippen LogP contribution in [0.1, 0.15) is 12.8 Å². The Balaban J connectivity index is 2.08. The summed E-state index contributed by atoms with van der Waals surface area (Å²) in [5.41, 5.74) is 6.74. The third-order valence-electron chi connectivity index (χ3n) is 3.35. The lowest BCUT2D eigenvalue weighted by molar-refractivity contribution is -0.384. The number of benzene rings is 1. The van der Waals surface area contributed by atoms with Crippen molar-refractivity contribution >= 4 is 11.4 Å². The van der Waals surface area contributed by atoms with Crippen LogP contribution < -0.4 is 10.6 Å². The zero-order valence-electron chi connectivity index (χ0n) is 9.71. The summed E-state index contributed by atoms with van der Waals surface area (Å²) in [5.74, 6) is 0.602. The first-order valence-corrected chi connectivity index (χ1v) is 5.90. The lowest BCUT2D eigenvalue weighted by Crippen LogP contribution is -2.36. The first-order valence-electron chi connectivity index (χ1n) is 5.90. The maximum absolute atomic E-state index is 10.7. The second-order valence-electron chi connectivity index (χ2n) is 4.44. The van der Waals surface area contributed by atoms with E-state index in [0.29, 0.717) is 5.92 Å². The molecule has 17 heavy (non-hydrogen) atoms. The summed E-state index contributed by atoms with van der Waals surface area (Å²) >= 11 is 0. The molecule has 1 fully saturated rings. The Bertz CT molecular complexity index is 400. The molecule has 0 amide bonds. The van der Waals surface area contributed by atoms with E-state index < -0.39 is 0 Å². The van der Waals surface area contributed by atoms with Crippen LogP contribution in [-0.2, 0) is 0 Å². The van der Waals surface area contributed by atoms with Gasteiger partial charge in [0.15, 0.2) is 0 Å². The molecule has 0 bridgehead atoms. The monoisotopic (exact) mass is 235 g/mol. The Kier molecular flexibility index (Phi) is 3.58. The van der Waals surface area contributed by atoms with Crippen molar-refractivity contribution in [2.75, 3.05) is 24.5 Å². The summed E-state index contributed by atoms with van der Waals surface area (Å²) < 4.78 is 0. The van der Waals surface area contributed by atoms with E-state index in [1.54, 1.807) is 12.1 Å². The van der Waals surface area contributed by atoms with Gasteiger partial charge < -0.3 is 10.6 Å². The van der Waals surface area contributed by atoms with Crippen molar-refractivity contribution in [2.45, 2.75) is 12.8 Å². The molecule has 1 aromatic carbocycles. The van der Waals surface area contributed by atoms with E-state index >= 15 is 0 Å². The van der Waals surface area contributed by atoms with Crippen LogP contribution in [0.3, 0.4) is 0 Å². The zero-order chi connectivity index (χ0) is 12.3. The fourth-order valence-corrected chi connectivity index (χ4v) is 2.23. The molecule has 0 spiro atoms. The van der Waals surface area contributed by atoms with E-state index in [4.69, 9.17) is 5.73 Å². The molecule has 0 aliphatic carbocycles. The second kappa shape index (κ2) is 5.14. The number of nitro benzene ring substituents is 1. The first kappa shape index (κ1) is 11.9. The van der Waals surface area contributed by atoms with E-state index in [1.807, 2.05) is 6.07 Å². The van der Waals surface area contributed by atoms with E-state index in [-0.39, 0.29) is 10.6 Å². The van der Waals surface area contributed by atoms with Gasteiger partial charge in [0.2, 0.25) is 0 Å². The number of nitrogens with zero attached hydrogens (tertiary/aromatic N) is 2. The molecular formula is C12H17N3O2. The Morgan fingerprint density at radius 1 is 1.41 bits per heavy atom. The van der Waals surface area contributed by atoms with Gasteiger partial charge in [-0.15, -0.1) is 0 Å². The molecule has 1 heterocycles. The third kappa shape index (κ3) is 2.74. The molecule has 2 rings (SSSR count). The highest BCUT2D eigenvalue weighted by atomic mass is 16.6. The molecule has 2 N–H and O–H groups in total. The van der Waals surface area contributed by atoms with Crippen molar-refractivity contribution in [2.24, 2.45) is 11.7 Å². The van der Waals surface area contributed by atoms with Gasteiger partial charge in [-0.1, -0.05) is 6.07 Å². The Labute approximate surface area is 100 Å². The number of rotatable bonds is 3. The van der Waals surface area contributed by atoms with Crippen LogP contribution in [0.15, 0.2) is 24.3 Å². The van der Waals surface area contributed by atoms with Gasteiger partial charge in [-0.05, 0) is 31.4 Å². The average Bonchev–Trinajstić information content (AvgIpc) is 2.39. The zero-order valence-corrected chi connectivity index (χ0v) is 9.71. The molecular weight excluding hydrogens is 218 g/mol. The Morgan fingerprint density at radius 3 is 2.71 bits per heavy atom. The minimum atomic E-state index is -0.351. The van der Waals surface area contributed by atoms with Gasteiger partial charge >= 0.3 is 0 Å². The number of nitro groups is 1. The van der Waals surface area contributed by atoms with Crippen molar-refractivity contribution < 1.29 is 4.92 Å². The van der Waals surface area contributed by atoms with Gasteiger partial charge in [0.1, 0.15) is 0 Å². The van der Waals surface area contributed by atoms with Crippen molar-refractivity contribution in [1.82, 2.24) is 0 Å². The van der Waals surface area contributed by atoms with Gasteiger partial charge in [-0.2, -0.15) is 0 Å². The number of hydrogen-bond acceptors (Lipinski definition) is 4. The van der Waals surface area contributed by atoms with Crippen molar-refractivity contribution in [3.05, 3.63) is 34.4 Å². The largest absolute Gasteiger partial charge is 0.371 e. The van der Waals surface area contributed by atoms with E-state index in [1.165, 1.54) is 6.07 Å². The first-order chi connectivity index (χ1) is 8.20. The topological polar surface area (TPSA) is 72.4 Å². The molecule has 0 unspecified atom stereocenters. The molecule has 0 saturated carbocycles. The van der Waals surface area contributed by atoms with E-state index in [2.05, 4.69) is 4.90 Å². The normalized spacial score (nSPS) is 17.1. The number of piperidine rings is 1. The predicted molar refractivity (Wildman–Crippen MR) is 67.1 cm³/mol. The minimum Gasteiger partial charge on any atom is -0.371 e. The molecule has 0 radical (unpaired) electrons. The standard InChI is InChI=1S/C12H17N3O2/c13-9-10-4-6-14(7-5-10)11-2-1-3-12(8-11)15(16)17/h1-3,8,10H,4-7,9,13H2. The van der Waals surface area contributed by atoms with E-state index in [0.717, 1.165) is 38.2 Å². The average molecular weight is 235 g/mol. The maximum Gasteiger partial charge on any atom is 0.271 e. The highest BCUT2D eigenvalue weighted by Crippen LogP contribution is 2.25. The van der Waals surface area contributed by atoms with Crippen LogP contribution in [0.5, 0.6) is 0 Å². The summed E-state index contributed by atoms with van der Waals surface area (Å²) in [6.45, 7) is 2.61. The SMILES string of the molecule is NCC1CCN(c2cccc([N+](=O)[O-])c2)CC1. The van der Waals surface area contributed by atoms with Crippen molar-refractivity contribution in [3.63, 3.8) is 0 Å². The summed E-state index contributed by atoms with van der Waals surface area (Å²) in [6.07, 6.45) is 2.14. The molecule has 92 valence electrons. The molecule has 5 heteroatoms. The molecule has 1 aliphatic rings. The van der Waals surface area contributed by atoms with Gasteiger partial charge in [-0.25, -0.2) is 0 Å². The molecule has 5 nitrogen and oxygen atoms in total. The van der Waals surface area contributed by atoms with Crippen LogP contribution in [0, 0.1) is 16.0 Å². The van der Waals surface area contributed by atoms with Gasteiger partial charge in [-0.3, -0.25) is 10.1 Å². The highest BCUT2D eigenvalue weighted by molar-refractivity contribution is 5.53. The van der Waals surface area contributed by atoms with Gasteiger partial charge in [0.05, 0.1) is 4.92 Å². The number of non-ortho nitro benzene ring substituents is 1. The summed E-state index contributed by atoms with van der Waals surface area (Å²) in [5, 5.41) is 10.7. The predicted octanol–water partition coefficient (Wildman–Crippen LogP) is 1.77. The molecule has 0 atom stereocenters. The van der Waals surface area contributed by atoms with Gasteiger partial charge in [0.25, 0.3) is 5.69 Å². The summed E-state index contributed by atoms with van der Waals surface area (Å²) in [7, 11) is 0. The smallest absolute Gasteiger partial charge is 0.271 e. The van der Waals surface area contributed by atoms with Crippen LogP contribution in [0.4, 0.5) is 11.4 Å². The quantitative estimate of drug-likeness (QED) is 0.640. The fourth-order valence-electron chi connectivity index (χ4n) is 2.23. The fraction of sp³-hybridized carbons (Fsp3) is 0.500. The van der Waals surface area contributed by atoms with Crippen LogP contribution in [0.2, 0.25) is 0 Å². The third-order valence-corrected chi connectivity index (χ3v) is 3.35. The molecule has 0 aromatic heterocycles. The van der Waals surface area contributed by atoms with E-state index in [9.17, 15) is 10.1 Å². The van der Waals surface area contributed by atoms with Crippen molar-refractivity contribution in [3.8, 4) is 0 Å². The molecule has 1 aliphatic heterocycles. The Hall–Kier alpha value is -1.62. The minimum absolute atomic E-state index is 0.156. The Morgan fingerprint density at radius 2 is 2.12 bits per heavy atom. The lowest BCUT2D eigenvalue weighted by atomic mass is 9.97. The maximum atomic E-state index is 10.7. The highest BCUT2D eigenvalue weighted by Gasteiger charge is 2.19. The lowest BCUT2D eigenvalue weighted by Gasteiger charge is -2.32.